The van der Waals surface area contributed by atoms with Crippen LogP contribution in [0.1, 0.15) is 33.7 Å². The molecule has 0 radical (unpaired) electrons. The molecule has 0 saturated carbocycles. The van der Waals surface area contributed by atoms with Gasteiger partial charge in [-0.05, 0) is 49.2 Å². The van der Waals surface area contributed by atoms with Gasteiger partial charge in [0.05, 0.1) is 6.04 Å². The van der Waals surface area contributed by atoms with Gasteiger partial charge >= 0.3 is 6.03 Å². The summed E-state index contributed by atoms with van der Waals surface area (Å²) in [4.78, 5) is 26.9. The van der Waals surface area contributed by atoms with E-state index in [-0.39, 0.29) is 23.0 Å². The Morgan fingerprint density at radius 3 is 2.48 bits per heavy atom. The Bertz CT molecular complexity index is 1010. The van der Waals surface area contributed by atoms with Crippen molar-refractivity contribution in [2.45, 2.75) is 18.9 Å². The normalized spacial score (nSPS) is 15.9. The highest BCUT2D eigenvalue weighted by atomic mass is 35.5. The first-order valence-electron chi connectivity index (χ1n) is 9.13. The first-order valence-corrected chi connectivity index (χ1v) is 10.3. The summed E-state index contributed by atoms with van der Waals surface area (Å²) in [5.41, 5.74) is 1.37. The molecule has 1 aliphatic rings. The minimum Gasteiger partial charge on any atom is -0.320 e. The summed E-state index contributed by atoms with van der Waals surface area (Å²) in [6, 6.07) is 15.8. The number of rotatable bonds is 4. The third-order valence-corrected chi connectivity index (χ3v) is 5.84. The molecule has 1 saturated heterocycles. The van der Waals surface area contributed by atoms with E-state index in [4.69, 9.17) is 11.6 Å². The number of urea groups is 1. The van der Waals surface area contributed by atoms with Gasteiger partial charge in [0.1, 0.15) is 5.01 Å². The number of nitrogens with one attached hydrogen (secondary N) is 2. The molecule has 0 aliphatic carbocycles. The lowest BCUT2D eigenvalue weighted by Gasteiger charge is -2.23. The fourth-order valence-electron chi connectivity index (χ4n) is 3.16. The lowest BCUT2D eigenvalue weighted by Crippen LogP contribution is -2.34. The van der Waals surface area contributed by atoms with Crippen LogP contribution in [0.15, 0.2) is 54.6 Å². The zero-order valence-electron chi connectivity index (χ0n) is 15.3. The molecule has 29 heavy (non-hydrogen) atoms. The van der Waals surface area contributed by atoms with Crippen LogP contribution in [0.25, 0.3) is 0 Å². The van der Waals surface area contributed by atoms with Gasteiger partial charge in [0.25, 0.3) is 5.91 Å². The topological polar surface area (TPSA) is 87.2 Å². The molecule has 148 valence electrons. The van der Waals surface area contributed by atoms with Crippen LogP contribution in [0.4, 0.5) is 16.2 Å². The number of nitrogens with zero attached hydrogens (tertiary/aromatic N) is 3. The molecule has 1 aliphatic heterocycles. The highest BCUT2D eigenvalue weighted by molar-refractivity contribution is 7.13. The molecular weight excluding hydrogens is 410 g/mol. The maximum atomic E-state index is 12.7. The summed E-state index contributed by atoms with van der Waals surface area (Å²) < 4.78 is 0. The van der Waals surface area contributed by atoms with Crippen LogP contribution in [0.3, 0.4) is 0 Å². The average molecular weight is 428 g/mol. The maximum Gasteiger partial charge on any atom is 0.322 e. The first-order chi connectivity index (χ1) is 14.1. The number of hydrogen-bond acceptors (Lipinski definition) is 5. The monoisotopic (exact) mass is 427 g/mol. The summed E-state index contributed by atoms with van der Waals surface area (Å²) >= 11 is 7.07. The van der Waals surface area contributed by atoms with Crippen molar-refractivity contribution in [3.63, 3.8) is 0 Å². The summed E-state index contributed by atoms with van der Waals surface area (Å²) in [5.74, 6) is -0.339. The molecule has 2 N–H and O–H groups in total. The Morgan fingerprint density at radius 1 is 1.00 bits per heavy atom. The SMILES string of the molecule is O=C(Nc1ccc(Cl)cc1)c1nnc([C@@H]2CCCN2C(=O)Nc2ccccc2)s1. The Hall–Kier alpha value is -2.97. The third kappa shape index (κ3) is 4.55. The molecular formula is C20H18ClN5O2S. The second kappa shape index (κ2) is 8.59. The number of carbonyl (C=O) groups excluding carboxylic acids is 2. The van der Waals surface area contributed by atoms with Crippen molar-refractivity contribution < 1.29 is 9.59 Å². The summed E-state index contributed by atoms with van der Waals surface area (Å²) in [6.07, 6.45) is 1.66. The fourth-order valence-corrected chi connectivity index (χ4v) is 4.17. The molecule has 0 spiro atoms. The van der Waals surface area contributed by atoms with E-state index in [1.54, 1.807) is 29.2 Å². The summed E-state index contributed by atoms with van der Waals surface area (Å²) in [5, 5.41) is 15.4. The Morgan fingerprint density at radius 2 is 1.72 bits per heavy atom. The molecule has 2 heterocycles. The van der Waals surface area contributed by atoms with Crippen molar-refractivity contribution in [2.24, 2.45) is 0 Å². The van der Waals surface area contributed by atoms with Crippen LogP contribution in [-0.2, 0) is 0 Å². The van der Waals surface area contributed by atoms with Crippen LogP contribution in [0, 0.1) is 0 Å². The number of amides is 3. The van der Waals surface area contributed by atoms with Gasteiger partial charge in [-0.2, -0.15) is 0 Å². The number of anilines is 2. The summed E-state index contributed by atoms with van der Waals surface area (Å²) in [7, 11) is 0. The van der Waals surface area contributed by atoms with Crippen LogP contribution < -0.4 is 10.6 Å². The molecule has 1 atom stereocenters. The third-order valence-electron chi connectivity index (χ3n) is 4.56. The van der Waals surface area contributed by atoms with E-state index in [9.17, 15) is 9.59 Å². The average Bonchev–Trinajstić information content (AvgIpc) is 3.40. The zero-order chi connectivity index (χ0) is 20.2. The second-order valence-corrected chi connectivity index (χ2v) is 8.00. The van der Waals surface area contributed by atoms with Crippen molar-refractivity contribution in [3.05, 3.63) is 69.6 Å². The molecule has 7 nitrogen and oxygen atoms in total. The van der Waals surface area contributed by atoms with Crippen molar-refractivity contribution >= 4 is 46.3 Å². The van der Waals surface area contributed by atoms with Gasteiger partial charge in [0.15, 0.2) is 0 Å². The van der Waals surface area contributed by atoms with Crippen LogP contribution >= 0.6 is 22.9 Å². The Labute approximate surface area is 176 Å². The largest absolute Gasteiger partial charge is 0.322 e. The summed E-state index contributed by atoms with van der Waals surface area (Å²) in [6.45, 7) is 0.634. The Kier molecular flexibility index (Phi) is 5.73. The van der Waals surface area contributed by atoms with Gasteiger partial charge < -0.3 is 15.5 Å². The van der Waals surface area contributed by atoms with Crippen LogP contribution in [-0.4, -0.2) is 33.6 Å². The van der Waals surface area contributed by atoms with E-state index in [1.807, 2.05) is 30.3 Å². The van der Waals surface area contributed by atoms with E-state index < -0.39 is 0 Å². The van der Waals surface area contributed by atoms with Crippen molar-refractivity contribution in [1.29, 1.82) is 0 Å². The molecule has 2 aromatic carbocycles. The van der Waals surface area contributed by atoms with Crippen molar-refractivity contribution in [3.8, 4) is 0 Å². The van der Waals surface area contributed by atoms with Crippen molar-refractivity contribution in [2.75, 3.05) is 17.2 Å². The van der Waals surface area contributed by atoms with Gasteiger partial charge in [0.2, 0.25) is 5.01 Å². The van der Waals surface area contributed by atoms with E-state index in [0.29, 0.717) is 22.3 Å². The zero-order valence-corrected chi connectivity index (χ0v) is 16.9. The number of carbonyl (C=O) groups is 2. The van der Waals surface area contributed by atoms with E-state index >= 15 is 0 Å². The van der Waals surface area contributed by atoms with Gasteiger partial charge in [0, 0.05) is 22.9 Å². The number of hydrogen-bond donors (Lipinski definition) is 2. The van der Waals surface area contributed by atoms with Crippen LogP contribution in [0.5, 0.6) is 0 Å². The standard InChI is InChI=1S/C20H18ClN5O2S/c21-13-8-10-15(11-9-13)22-17(27)19-25-24-18(29-19)16-7-4-12-26(16)20(28)23-14-5-2-1-3-6-14/h1-3,5-6,8-11,16H,4,7,12H2,(H,22,27)(H,23,28)/t16-/m0/s1. The highest BCUT2D eigenvalue weighted by Crippen LogP contribution is 2.34. The lowest BCUT2D eigenvalue weighted by atomic mass is 10.2. The number of para-hydroxylation sites is 1. The maximum absolute atomic E-state index is 12.7. The molecule has 4 rings (SSSR count). The van der Waals surface area contributed by atoms with E-state index in [1.165, 1.54) is 11.3 Å². The van der Waals surface area contributed by atoms with E-state index in [0.717, 1.165) is 18.5 Å². The quantitative estimate of drug-likeness (QED) is 0.625. The fraction of sp³-hybridized carbons (Fsp3) is 0.200. The second-order valence-electron chi connectivity index (χ2n) is 6.55. The molecule has 1 fully saturated rings. The predicted octanol–water partition coefficient (Wildman–Crippen LogP) is 4.81. The van der Waals surface area contributed by atoms with Gasteiger partial charge in [-0.15, -0.1) is 10.2 Å². The van der Waals surface area contributed by atoms with Gasteiger partial charge in [-0.1, -0.05) is 41.1 Å². The minimum atomic E-state index is -0.339. The molecule has 9 heteroatoms. The van der Waals surface area contributed by atoms with Crippen LogP contribution in [0.2, 0.25) is 5.02 Å². The molecule has 3 aromatic rings. The number of likely N-dealkylation sites (tertiary alicyclic amines) is 1. The molecule has 0 unspecified atom stereocenters. The first kappa shape index (κ1) is 19.4. The highest BCUT2D eigenvalue weighted by Gasteiger charge is 2.33. The van der Waals surface area contributed by atoms with Gasteiger partial charge in [-0.25, -0.2) is 4.79 Å². The minimum absolute atomic E-state index is 0.180. The number of aromatic nitrogens is 2. The van der Waals surface area contributed by atoms with Crippen molar-refractivity contribution in [1.82, 2.24) is 15.1 Å². The molecule has 0 bridgehead atoms. The predicted molar refractivity (Wildman–Crippen MR) is 113 cm³/mol. The molecule has 3 amide bonds. The lowest BCUT2D eigenvalue weighted by molar-refractivity contribution is 0.102. The Balaban J connectivity index is 1.44. The van der Waals surface area contributed by atoms with Gasteiger partial charge in [-0.3, -0.25) is 4.79 Å². The van der Waals surface area contributed by atoms with E-state index in [2.05, 4.69) is 20.8 Å². The molecule has 1 aromatic heterocycles. The smallest absolute Gasteiger partial charge is 0.320 e. The number of benzene rings is 2. The number of halogens is 1.